The summed E-state index contributed by atoms with van der Waals surface area (Å²) < 4.78 is 33.2. The number of nitrogens with two attached hydrogens (primary N) is 2. The van der Waals surface area contributed by atoms with Crippen LogP contribution in [0.3, 0.4) is 0 Å². The van der Waals surface area contributed by atoms with Crippen molar-refractivity contribution in [1.29, 1.82) is 0 Å². The van der Waals surface area contributed by atoms with Crippen molar-refractivity contribution in [2.24, 2.45) is 20.5 Å². The van der Waals surface area contributed by atoms with Crippen molar-refractivity contribution in [3.05, 3.63) is 65.7 Å². The second kappa shape index (κ2) is 9.43. The molecule has 0 aliphatic carbocycles. The van der Waals surface area contributed by atoms with E-state index in [0.717, 1.165) is 6.07 Å². The Balaban J connectivity index is 2.14. The molecule has 3 rings (SSSR count). The Morgan fingerprint density at radius 2 is 1.44 bits per heavy atom. The lowest BCUT2D eigenvalue weighted by molar-refractivity contribution is 0.0686. The van der Waals surface area contributed by atoms with E-state index in [1.807, 2.05) is 0 Å². The van der Waals surface area contributed by atoms with Crippen LogP contribution in [-0.4, -0.2) is 35.1 Å². The highest BCUT2D eigenvalue weighted by molar-refractivity contribution is 7.86. The number of azo groups is 2. The summed E-state index contributed by atoms with van der Waals surface area (Å²) in [6.45, 7) is 0. The number of nitrogen functional groups attached to an aromatic ring is 2. The second-order valence-electron chi connectivity index (χ2n) is 6.62. The molecule has 34 heavy (non-hydrogen) atoms. The fourth-order valence-electron chi connectivity index (χ4n) is 2.72. The van der Waals surface area contributed by atoms with E-state index in [1.54, 1.807) is 0 Å². The molecule has 3 aromatic rings. The number of carboxylic acid groups (broad SMARTS) is 2. The first-order valence-corrected chi connectivity index (χ1v) is 10.6. The van der Waals surface area contributed by atoms with Gasteiger partial charge in [-0.15, -0.1) is 15.3 Å². The normalized spacial score (nSPS) is 11.8. The van der Waals surface area contributed by atoms with Crippen molar-refractivity contribution < 1.29 is 32.8 Å². The Morgan fingerprint density at radius 1 is 0.765 bits per heavy atom. The van der Waals surface area contributed by atoms with E-state index in [2.05, 4.69) is 20.5 Å². The van der Waals surface area contributed by atoms with E-state index >= 15 is 0 Å². The number of anilines is 2. The summed E-state index contributed by atoms with van der Waals surface area (Å²) in [6, 6.07) is 11.9. The lowest BCUT2D eigenvalue weighted by Gasteiger charge is -2.10. The Hall–Kier alpha value is -4.69. The number of nitrogens with zero attached hydrogens (tertiary/aromatic N) is 4. The molecular weight excluding hydrogens is 468 g/mol. The molecule has 14 heteroatoms. The summed E-state index contributed by atoms with van der Waals surface area (Å²) in [7, 11) is -4.86. The standard InChI is InChI=1S/C20H16N6O7S/c21-16-14(25-24-13-7-2-1-6-12(13)20(29)30)9-15(34(31,32)33)17(22)18(16)26-23-11-5-3-4-10(8-11)19(27)28/h1-9H,21-22H2,(H,27,28)(H,29,30)(H,31,32,33)/b25-24+,26-23+. The fourth-order valence-corrected chi connectivity index (χ4v) is 3.36. The third kappa shape index (κ3) is 5.20. The summed E-state index contributed by atoms with van der Waals surface area (Å²) in [5.41, 5.74) is 10.2. The molecule has 0 fully saturated rings. The molecule has 0 aromatic heterocycles. The van der Waals surface area contributed by atoms with Gasteiger partial charge in [0.1, 0.15) is 22.0 Å². The van der Waals surface area contributed by atoms with Gasteiger partial charge < -0.3 is 21.7 Å². The summed E-state index contributed by atoms with van der Waals surface area (Å²) in [5, 5.41) is 33.6. The maximum atomic E-state index is 11.8. The molecule has 0 unspecified atom stereocenters. The topological polar surface area (TPSA) is 230 Å². The van der Waals surface area contributed by atoms with E-state index in [0.29, 0.717) is 0 Å². The van der Waals surface area contributed by atoms with Gasteiger partial charge >= 0.3 is 11.9 Å². The van der Waals surface area contributed by atoms with Crippen LogP contribution in [-0.2, 0) is 10.1 Å². The minimum atomic E-state index is -4.86. The van der Waals surface area contributed by atoms with Crippen molar-refractivity contribution in [2.45, 2.75) is 4.90 Å². The maximum absolute atomic E-state index is 11.8. The van der Waals surface area contributed by atoms with Crippen LogP contribution < -0.4 is 11.5 Å². The Morgan fingerprint density at radius 3 is 2.09 bits per heavy atom. The predicted molar refractivity (Wildman–Crippen MR) is 120 cm³/mol. The quantitative estimate of drug-likeness (QED) is 0.182. The zero-order chi connectivity index (χ0) is 25.0. The average Bonchev–Trinajstić information content (AvgIpc) is 2.78. The number of hydrogen-bond acceptors (Lipinski definition) is 10. The van der Waals surface area contributed by atoms with Crippen LogP contribution in [0.1, 0.15) is 20.7 Å². The van der Waals surface area contributed by atoms with Gasteiger partial charge in [-0.2, -0.15) is 13.5 Å². The lowest BCUT2D eigenvalue weighted by atomic mass is 10.2. The third-order valence-corrected chi connectivity index (χ3v) is 5.25. The van der Waals surface area contributed by atoms with Crippen LogP contribution >= 0.6 is 0 Å². The molecule has 0 bridgehead atoms. The van der Waals surface area contributed by atoms with Crippen molar-refractivity contribution in [3.63, 3.8) is 0 Å². The van der Waals surface area contributed by atoms with Gasteiger partial charge in [0.05, 0.1) is 28.2 Å². The van der Waals surface area contributed by atoms with E-state index in [9.17, 15) is 27.7 Å². The number of carboxylic acids is 2. The van der Waals surface area contributed by atoms with Gasteiger partial charge in [-0.3, -0.25) is 4.55 Å². The van der Waals surface area contributed by atoms with Gasteiger partial charge in [-0.1, -0.05) is 18.2 Å². The first kappa shape index (κ1) is 24.0. The maximum Gasteiger partial charge on any atom is 0.337 e. The Bertz CT molecular complexity index is 1470. The molecule has 0 saturated heterocycles. The van der Waals surface area contributed by atoms with Gasteiger partial charge in [0.15, 0.2) is 0 Å². The van der Waals surface area contributed by atoms with Crippen LogP contribution in [0, 0.1) is 0 Å². The number of benzene rings is 3. The highest BCUT2D eigenvalue weighted by atomic mass is 32.2. The van der Waals surface area contributed by atoms with E-state index in [-0.39, 0.29) is 39.6 Å². The minimum Gasteiger partial charge on any atom is -0.478 e. The van der Waals surface area contributed by atoms with Crippen LogP contribution in [0.25, 0.3) is 0 Å². The molecule has 3 aromatic carbocycles. The Labute approximate surface area is 191 Å². The molecule has 0 aliphatic heterocycles. The molecule has 0 amide bonds. The minimum absolute atomic E-state index is 0.0479. The van der Waals surface area contributed by atoms with Crippen LogP contribution in [0.5, 0.6) is 0 Å². The Kier molecular flexibility index (Phi) is 6.65. The van der Waals surface area contributed by atoms with Crippen LogP contribution in [0.4, 0.5) is 34.1 Å². The first-order valence-electron chi connectivity index (χ1n) is 9.17. The van der Waals surface area contributed by atoms with E-state index < -0.39 is 32.6 Å². The van der Waals surface area contributed by atoms with Gasteiger partial charge in [0.2, 0.25) is 0 Å². The highest BCUT2D eigenvalue weighted by Crippen LogP contribution is 2.43. The lowest BCUT2D eigenvalue weighted by Crippen LogP contribution is -2.05. The van der Waals surface area contributed by atoms with Gasteiger partial charge in [-0.05, 0) is 36.4 Å². The highest BCUT2D eigenvalue weighted by Gasteiger charge is 2.22. The zero-order valence-electron chi connectivity index (χ0n) is 17.0. The molecule has 7 N–H and O–H groups in total. The molecule has 0 spiro atoms. The molecule has 13 nitrogen and oxygen atoms in total. The number of aromatic carboxylic acids is 2. The van der Waals surface area contributed by atoms with Crippen molar-refractivity contribution in [2.75, 3.05) is 11.5 Å². The van der Waals surface area contributed by atoms with Crippen molar-refractivity contribution in [1.82, 2.24) is 0 Å². The molecule has 0 heterocycles. The molecule has 174 valence electrons. The number of carbonyl (C=O) groups is 2. The van der Waals surface area contributed by atoms with Crippen molar-refractivity contribution >= 4 is 56.2 Å². The number of rotatable bonds is 7. The molecular formula is C20H16N6O7S. The monoisotopic (exact) mass is 484 g/mol. The van der Waals surface area contributed by atoms with Gasteiger partial charge in [-0.25, -0.2) is 9.59 Å². The first-order chi connectivity index (χ1) is 16.0. The smallest absolute Gasteiger partial charge is 0.337 e. The van der Waals surface area contributed by atoms with Crippen LogP contribution in [0.15, 0.2) is 79.9 Å². The number of hydrogen-bond donors (Lipinski definition) is 5. The molecule has 0 saturated carbocycles. The SMILES string of the molecule is Nc1c(/N=N/c2ccccc2C(=O)O)cc(S(=O)(=O)O)c(N)c1/N=N/c1cccc(C(=O)O)c1. The fraction of sp³-hybridized carbons (Fsp3) is 0. The van der Waals surface area contributed by atoms with E-state index in [1.165, 1.54) is 48.5 Å². The second-order valence-corrected chi connectivity index (χ2v) is 8.01. The third-order valence-electron chi connectivity index (χ3n) is 4.36. The summed E-state index contributed by atoms with van der Waals surface area (Å²) in [5.74, 6) is -2.47. The summed E-state index contributed by atoms with van der Waals surface area (Å²) in [4.78, 5) is 21.7. The largest absolute Gasteiger partial charge is 0.478 e. The molecule has 0 atom stereocenters. The van der Waals surface area contributed by atoms with Crippen molar-refractivity contribution in [3.8, 4) is 0 Å². The zero-order valence-corrected chi connectivity index (χ0v) is 17.8. The summed E-state index contributed by atoms with van der Waals surface area (Å²) >= 11 is 0. The van der Waals surface area contributed by atoms with Gasteiger partial charge in [0, 0.05) is 0 Å². The molecule has 0 radical (unpaired) electrons. The van der Waals surface area contributed by atoms with Gasteiger partial charge in [0.25, 0.3) is 10.1 Å². The average molecular weight is 484 g/mol. The summed E-state index contributed by atoms with van der Waals surface area (Å²) in [6.07, 6.45) is 0. The molecule has 0 aliphatic rings. The van der Waals surface area contributed by atoms with E-state index in [4.69, 9.17) is 16.6 Å². The van der Waals surface area contributed by atoms with Crippen LogP contribution in [0.2, 0.25) is 0 Å². The predicted octanol–water partition coefficient (Wildman–Crippen LogP) is 4.32.